The molecule has 5 nitrogen and oxygen atoms in total. The van der Waals surface area contributed by atoms with E-state index in [0.717, 1.165) is 30.1 Å². The maximum absolute atomic E-state index is 12.0. The molecule has 2 N–H and O–H groups in total. The summed E-state index contributed by atoms with van der Waals surface area (Å²) in [5.41, 5.74) is 1.35. The third-order valence-electron chi connectivity index (χ3n) is 2.93. The van der Waals surface area contributed by atoms with Crippen LogP contribution in [0.1, 0.15) is 40.6 Å². The van der Waals surface area contributed by atoms with Crippen LogP contribution in [0, 0.1) is 0 Å². The molecule has 2 rings (SSSR count). The van der Waals surface area contributed by atoms with Gasteiger partial charge in [-0.3, -0.25) is 4.79 Å². The molecule has 0 bridgehead atoms. The van der Waals surface area contributed by atoms with Crippen molar-refractivity contribution in [2.45, 2.75) is 33.2 Å². The number of nitrogens with zero attached hydrogens (tertiary/aromatic N) is 2. The van der Waals surface area contributed by atoms with Gasteiger partial charge in [0.25, 0.3) is 5.91 Å². The molecular weight excluding hydrogens is 284 g/mol. The zero-order valence-corrected chi connectivity index (χ0v) is 13.2. The second-order valence-corrected chi connectivity index (χ2v) is 5.82. The van der Waals surface area contributed by atoms with Crippen LogP contribution in [0.5, 0.6) is 0 Å². The second kappa shape index (κ2) is 7.73. The van der Waals surface area contributed by atoms with Crippen molar-refractivity contribution in [3.63, 3.8) is 0 Å². The minimum Gasteiger partial charge on any atom is -0.384 e. The first-order valence-corrected chi connectivity index (χ1v) is 7.96. The summed E-state index contributed by atoms with van der Waals surface area (Å²) >= 11 is 1.63. The van der Waals surface area contributed by atoms with Gasteiger partial charge >= 0.3 is 0 Å². The Morgan fingerprint density at radius 3 is 2.71 bits per heavy atom. The Bertz CT molecular complexity index is 580. The summed E-state index contributed by atoms with van der Waals surface area (Å²) in [6, 6.07) is 3.60. The number of aromatic nitrogens is 2. The van der Waals surface area contributed by atoms with E-state index in [0.29, 0.717) is 12.2 Å². The third-order valence-corrected chi connectivity index (χ3v) is 4.07. The largest absolute Gasteiger partial charge is 0.384 e. The molecule has 0 radical (unpaired) electrons. The van der Waals surface area contributed by atoms with Crippen LogP contribution < -0.4 is 10.6 Å². The fourth-order valence-corrected chi connectivity index (χ4v) is 2.54. The van der Waals surface area contributed by atoms with Crippen molar-refractivity contribution in [1.82, 2.24) is 15.3 Å². The van der Waals surface area contributed by atoms with Crippen molar-refractivity contribution in [1.29, 1.82) is 0 Å². The molecule has 6 heteroatoms. The Morgan fingerprint density at radius 2 is 2.10 bits per heavy atom. The molecule has 2 aromatic rings. The molecule has 0 fully saturated rings. The number of carbonyl (C=O) groups is 1. The zero-order valence-electron chi connectivity index (χ0n) is 12.3. The first-order valence-electron chi connectivity index (χ1n) is 7.14. The number of amides is 1. The van der Waals surface area contributed by atoms with Crippen molar-refractivity contribution in [2.24, 2.45) is 0 Å². The summed E-state index contributed by atoms with van der Waals surface area (Å²) in [6.45, 7) is 5.54. The lowest BCUT2D eigenvalue weighted by Crippen LogP contribution is -2.23. The van der Waals surface area contributed by atoms with E-state index in [9.17, 15) is 4.79 Å². The zero-order chi connectivity index (χ0) is 15.1. The molecule has 0 atom stereocenters. The molecule has 0 aliphatic carbocycles. The van der Waals surface area contributed by atoms with Crippen LogP contribution in [-0.4, -0.2) is 22.4 Å². The molecule has 2 aromatic heterocycles. The van der Waals surface area contributed by atoms with Crippen molar-refractivity contribution >= 4 is 22.9 Å². The highest BCUT2D eigenvalue weighted by molar-refractivity contribution is 7.11. The molecule has 0 aliphatic heterocycles. The number of nitrogens with one attached hydrogen (secondary N) is 2. The van der Waals surface area contributed by atoms with Crippen LogP contribution in [0.25, 0.3) is 0 Å². The number of pyridine rings is 1. The highest BCUT2D eigenvalue weighted by Gasteiger charge is 2.08. The quantitative estimate of drug-likeness (QED) is 0.825. The number of thiazole rings is 1. The van der Waals surface area contributed by atoms with Crippen molar-refractivity contribution < 1.29 is 4.79 Å². The standard InChI is InChI=1S/C15H20N4OS/c1-3-7-16-11-5-6-13(17-8-11)15(20)19-10-14-18-9-12(4-2)21-14/h5-6,8-9,16H,3-4,7,10H2,1-2H3,(H,19,20). The fourth-order valence-electron chi connectivity index (χ4n) is 1.74. The molecule has 0 aromatic carbocycles. The van der Waals surface area contributed by atoms with Gasteiger partial charge in [-0.05, 0) is 25.0 Å². The van der Waals surface area contributed by atoms with Crippen molar-refractivity contribution in [3.8, 4) is 0 Å². The average molecular weight is 304 g/mol. The van der Waals surface area contributed by atoms with Gasteiger partial charge in [-0.2, -0.15) is 0 Å². The Morgan fingerprint density at radius 1 is 1.24 bits per heavy atom. The van der Waals surface area contributed by atoms with Crippen LogP contribution in [0.15, 0.2) is 24.5 Å². The second-order valence-electron chi connectivity index (χ2n) is 4.62. The van der Waals surface area contributed by atoms with Crippen LogP contribution in [-0.2, 0) is 13.0 Å². The molecule has 2 heterocycles. The summed E-state index contributed by atoms with van der Waals surface area (Å²) in [6.07, 6.45) is 5.57. The molecule has 0 spiro atoms. The van der Waals surface area contributed by atoms with E-state index in [2.05, 4.69) is 34.4 Å². The number of carbonyl (C=O) groups excluding carboxylic acids is 1. The monoisotopic (exact) mass is 304 g/mol. The molecule has 0 aliphatic rings. The minimum atomic E-state index is -0.176. The number of rotatable bonds is 7. The Labute approximate surface area is 128 Å². The Kier molecular flexibility index (Phi) is 5.68. The maximum atomic E-state index is 12.0. The van der Waals surface area contributed by atoms with Gasteiger partial charge in [0.15, 0.2) is 0 Å². The topological polar surface area (TPSA) is 66.9 Å². The van der Waals surface area contributed by atoms with E-state index in [4.69, 9.17) is 0 Å². The lowest BCUT2D eigenvalue weighted by atomic mass is 10.3. The molecule has 1 amide bonds. The summed E-state index contributed by atoms with van der Waals surface area (Å²) in [5.74, 6) is -0.176. The SMILES string of the molecule is CCCNc1ccc(C(=O)NCc2ncc(CC)s2)nc1. The maximum Gasteiger partial charge on any atom is 0.270 e. The van der Waals surface area contributed by atoms with Crippen molar-refractivity contribution in [3.05, 3.63) is 40.1 Å². The molecule has 0 unspecified atom stereocenters. The van der Waals surface area contributed by atoms with Crippen LogP contribution in [0.2, 0.25) is 0 Å². The first-order chi connectivity index (χ1) is 10.2. The van der Waals surface area contributed by atoms with Gasteiger partial charge in [0.1, 0.15) is 10.7 Å². The van der Waals surface area contributed by atoms with E-state index < -0.39 is 0 Å². The van der Waals surface area contributed by atoms with E-state index >= 15 is 0 Å². The van der Waals surface area contributed by atoms with Crippen LogP contribution >= 0.6 is 11.3 Å². The van der Waals surface area contributed by atoms with Gasteiger partial charge in [0, 0.05) is 17.6 Å². The highest BCUT2D eigenvalue weighted by atomic mass is 32.1. The number of hydrogen-bond donors (Lipinski definition) is 2. The fraction of sp³-hybridized carbons (Fsp3) is 0.400. The predicted octanol–water partition coefficient (Wildman–Crippen LogP) is 2.85. The van der Waals surface area contributed by atoms with Gasteiger partial charge in [-0.25, -0.2) is 9.97 Å². The third kappa shape index (κ3) is 4.53. The van der Waals surface area contributed by atoms with Crippen LogP contribution in [0.3, 0.4) is 0 Å². The van der Waals surface area contributed by atoms with E-state index in [1.807, 2.05) is 12.3 Å². The van der Waals surface area contributed by atoms with E-state index in [1.54, 1.807) is 23.6 Å². The van der Waals surface area contributed by atoms with E-state index in [-0.39, 0.29) is 5.91 Å². The Balaban J connectivity index is 1.87. The normalized spacial score (nSPS) is 10.4. The van der Waals surface area contributed by atoms with Gasteiger partial charge in [0.05, 0.1) is 18.4 Å². The lowest BCUT2D eigenvalue weighted by Gasteiger charge is -2.06. The number of hydrogen-bond acceptors (Lipinski definition) is 5. The smallest absolute Gasteiger partial charge is 0.270 e. The molecule has 0 saturated heterocycles. The van der Waals surface area contributed by atoms with Gasteiger partial charge in [-0.15, -0.1) is 11.3 Å². The number of anilines is 1. The van der Waals surface area contributed by atoms with E-state index in [1.165, 1.54) is 4.88 Å². The first kappa shape index (κ1) is 15.4. The summed E-state index contributed by atoms with van der Waals surface area (Å²) in [4.78, 5) is 21.7. The van der Waals surface area contributed by atoms with Crippen molar-refractivity contribution in [2.75, 3.05) is 11.9 Å². The number of aryl methyl sites for hydroxylation is 1. The molecule has 112 valence electrons. The minimum absolute atomic E-state index is 0.176. The average Bonchev–Trinajstić information content (AvgIpc) is 2.99. The van der Waals surface area contributed by atoms with Gasteiger partial charge in [0.2, 0.25) is 0 Å². The van der Waals surface area contributed by atoms with Crippen LogP contribution in [0.4, 0.5) is 5.69 Å². The van der Waals surface area contributed by atoms with Gasteiger partial charge < -0.3 is 10.6 Å². The Hall–Kier alpha value is -1.95. The summed E-state index contributed by atoms with van der Waals surface area (Å²) in [7, 11) is 0. The molecule has 0 saturated carbocycles. The molecule has 21 heavy (non-hydrogen) atoms. The molecular formula is C15H20N4OS. The predicted molar refractivity (Wildman–Crippen MR) is 85.7 cm³/mol. The summed E-state index contributed by atoms with van der Waals surface area (Å²) in [5, 5.41) is 6.98. The highest BCUT2D eigenvalue weighted by Crippen LogP contribution is 2.13. The summed E-state index contributed by atoms with van der Waals surface area (Å²) < 4.78 is 0. The van der Waals surface area contributed by atoms with Gasteiger partial charge in [-0.1, -0.05) is 13.8 Å². The lowest BCUT2D eigenvalue weighted by molar-refractivity contribution is 0.0946.